The molecule has 5 rings (SSSR count). The van der Waals surface area contributed by atoms with Gasteiger partial charge >= 0.3 is 0 Å². The molecule has 1 atom stereocenters. The van der Waals surface area contributed by atoms with Crippen molar-refractivity contribution in [3.63, 3.8) is 0 Å². The summed E-state index contributed by atoms with van der Waals surface area (Å²) in [6.07, 6.45) is 6.55. The molecule has 152 valence electrons. The molecule has 0 radical (unpaired) electrons. The van der Waals surface area contributed by atoms with Crippen LogP contribution in [0.5, 0.6) is 0 Å². The zero-order valence-electron chi connectivity index (χ0n) is 16.2. The van der Waals surface area contributed by atoms with Crippen LogP contribution in [-0.4, -0.2) is 37.5 Å². The number of hydrogen-bond donors (Lipinski definition) is 2. The maximum Gasteiger partial charge on any atom is 0.256 e. The fourth-order valence-corrected chi connectivity index (χ4v) is 4.30. The summed E-state index contributed by atoms with van der Waals surface area (Å²) < 4.78 is 27.3. The van der Waals surface area contributed by atoms with E-state index in [-0.39, 0.29) is 5.91 Å². The van der Waals surface area contributed by atoms with Gasteiger partial charge in [-0.05, 0) is 49.6 Å². The number of carbonyl (C=O) groups excluding carboxylic acids is 1. The number of amides is 1. The predicted molar refractivity (Wildman–Crippen MR) is 108 cm³/mol. The van der Waals surface area contributed by atoms with Crippen LogP contribution in [0.3, 0.4) is 0 Å². The maximum absolute atomic E-state index is 13.9. The molecule has 1 saturated heterocycles. The van der Waals surface area contributed by atoms with Crippen molar-refractivity contribution in [1.82, 2.24) is 25.1 Å². The molecule has 0 unspecified atom stereocenters. The van der Waals surface area contributed by atoms with Crippen molar-refractivity contribution < 1.29 is 13.6 Å². The summed E-state index contributed by atoms with van der Waals surface area (Å²) in [4.78, 5) is 22.9. The molecule has 30 heavy (non-hydrogen) atoms. The highest BCUT2D eigenvalue weighted by Crippen LogP contribution is 2.40. The smallest absolute Gasteiger partial charge is 0.256 e. The first-order chi connectivity index (χ1) is 14.5. The Morgan fingerprint density at radius 2 is 2.03 bits per heavy atom. The number of aromatic nitrogens is 4. The molecule has 6 nitrogen and oxygen atoms in total. The van der Waals surface area contributed by atoms with E-state index >= 15 is 0 Å². The highest BCUT2D eigenvalue weighted by atomic mass is 19.2. The average Bonchev–Trinajstić information content (AvgIpc) is 3.48. The summed E-state index contributed by atoms with van der Waals surface area (Å²) in [5.74, 6) is -1.96. The first-order valence-electron chi connectivity index (χ1n) is 9.72. The van der Waals surface area contributed by atoms with Crippen molar-refractivity contribution in [2.24, 2.45) is 0 Å². The van der Waals surface area contributed by atoms with Gasteiger partial charge in [0.2, 0.25) is 0 Å². The van der Waals surface area contributed by atoms with Crippen molar-refractivity contribution in [2.75, 3.05) is 6.54 Å². The van der Waals surface area contributed by atoms with Gasteiger partial charge < -0.3 is 9.88 Å². The average molecular weight is 407 g/mol. The topological polar surface area (TPSA) is 77.7 Å². The van der Waals surface area contributed by atoms with Crippen molar-refractivity contribution >= 4 is 16.9 Å². The van der Waals surface area contributed by atoms with E-state index in [1.54, 1.807) is 29.6 Å². The summed E-state index contributed by atoms with van der Waals surface area (Å²) in [6.45, 7) is 2.44. The number of fused-ring (bicyclic) bond motifs is 1. The molecule has 3 aromatic heterocycles. The lowest BCUT2D eigenvalue weighted by Gasteiger charge is -2.36. The molecule has 4 heterocycles. The summed E-state index contributed by atoms with van der Waals surface area (Å²) in [6, 6.07) is 7.56. The van der Waals surface area contributed by atoms with Crippen LogP contribution in [0.1, 0.15) is 35.7 Å². The van der Waals surface area contributed by atoms with Crippen LogP contribution in [0, 0.1) is 11.6 Å². The number of halogens is 2. The third-order valence-corrected chi connectivity index (χ3v) is 5.99. The molecule has 0 spiro atoms. The molecule has 1 fully saturated rings. The Bertz CT molecular complexity index is 1250. The van der Waals surface area contributed by atoms with E-state index in [1.165, 1.54) is 6.07 Å². The van der Waals surface area contributed by atoms with Crippen molar-refractivity contribution in [1.29, 1.82) is 0 Å². The first kappa shape index (κ1) is 18.5. The lowest BCUT2D eigenvalue weighted by atomic mass is 9.88. The van der Waals surface area contributed by atoms with E-state index in [0.717, 1.165) is 23.7 Å². The van der Waals surface area contributed by atoms with Gasteiger partial charge in [-0.15, -0.1) is 0 Å². The number of rotatable bonds is 3. The number of aromatic amines is 2. The predicted octanol–water partition coefficient (Wildman–Crippen LogP) is 4.38. The number of likely N-dealkylation sites (tertiary alicyclic amines) is 1. The van der Waals surface area contributed by atoms with Crippen LogP contribution < -0.4 is 0 Å². The summed E-state index contributed by atoms with van der Waals surface area (Å²) in [5, 5.41) is 7.41. The molecule has 0 bridgehead atoms. The lowest BCUT2D eigenvalue weighted by molar-refractivity contribution is 0.0620. The number of benzene rings is 1. The Kier molecular flexibility index (Phi) is 4.16. The Hall–Kier alpha value is -3.55. The highest BCUT2D eigenvalue weighted by Gasteiger charge is 2.42. The second-order valence-corrected chi connectivity index (χ2v) is 7.75. The zero-order chi connectivity index (χ0) is 20.9. The minimum Gasteiger partial charge on any atom is -0.345 e. The summed E-state index contributed by atoms with van der Waals surface area (Å²) >= 11 is 0. The SMILES string of the molecule is C[C@]1(c2ccc(F)c(F)c2)CCCN1C(=O)c1c[nH]c2nc(-c3cn[nH]c3)ccc12. The number of nitrogens with zero attached hydrogens (tertiary/aromatic N) is 3. The Labute approximate surface area is 170 Å². The van der Waals surface area contributed by atoms with Gasteiger partial charge in [-0.25, -0.2) is 13.8 Å². The minimum absolute atomic E-state index is 0.163. The molecular weight excluding hydrogens is 388 g/mol. The van der Waals surface area contributed by atoms with Gasteiger partial charge in [0.05, 0.1) is 23.0 Å². The van der Waals surface area contributed by atoms with Gasteiger partial charge in [0, 0.05) is 29.9 Å². The van der Waals surface area contributed by atoms with Crippen molar-refractivity contribution in [2.45, 2.75) is 25.3 Å². The lowest BCUT2D eigenvalue weighted by Crippen LogP contribution is -2.42. The van der Waals surface area contributed by atoms with Gasteiger partial charge in [0.1, 0.15) is 5.65 Å². The number of nitrogens with one attached hydrogen (secondary N) is 2. The van der Waals surface area contributed by atoms with Gasteiger partial charge in [-0.1, -0.05) is 6.07 Å². The molecule has 1 aliphatic heterocycles. The second-order valence-electron chi connectivity index (χ2n) is 7.75. The summed E-state index contributed by atoms with van der Waals surface area (Å²) in [7, 11) is 0. The van der Waals surface area contributed by atoms with E-state index in [4.69, 9.17) is 0 Å². The second kappa shape index (κ2) is 6.76. The molecule has 4 aromatic rings. The van der Waals surface area contributed by atoms with Crippen LogP contribution in [0.15, 0.2) is 48.9 Å². The van der Waals surface area contributed by atoms with Crippen LogP contribution in [-0.2, 0) is 5.54 Å². The minimum atomic E-state index is -0.906. The highest BCUT2D eigenvalue weighted by molar-refractivity contribution is 6.06. The zero-order valence-corrected chi connectivity index (χ0v) is 16.2. The normalized spacial score (nSPS) is 19.0. The van der Waals surface area contributed by atoms with Crippen molar-refractivity contribution in [3.8, 4) is 11.3 Å². The van der Waals surface area contributed by atoms with Gasteiger partial charge in [0.25, 0.3) is 5.91 Å². The van der Waals surface area contributed by atoms with E-state index in [1.807, 2.05) is 19.1 Å². The Balaban J connectivity index is 1.51. The molecule has 2 N–H and O–H groups in total. The molecule has 0 saturated carbocycles. The van der Waals surface area contributed by atoms with E-state index in [9.17, 15) is 13.6 Å². The van der Waals surface area contributed by atoms with Crippen LogP contribution in [0.2, 0.25) is 0 Å². The van der Waals surface area contributed by atoms with Gasteiger partial charge in [-0.2, -0.15) is 5.10 Å². The Morgan fingerprint density at radius 1 is 1.17 bits per heavy atom. The number of hydrogen-bond acceptors (Lipinski definition) is 3. The van der Waals surface area contributed by atoms with Crippen LogP contribution in [0.4, 0.5) is 8.78 Å². The molecule has 1 aliphatic rings. The number of H-pyrrole nitrogens is 2. The van der Waals surface area contributed by atoms with E-state index in [0.29, 0.717) is 35.1 Å². The third-order valence-electron chi connectivity index (χ3n) is 5.99. The van der Waals surface area contributed by atoms with Crippen molar-refractivity contribution in [3.05, 3.63) is 71.7 Å². The Morgan fingerprint density at radius 3 is 2.80 bits per heavy atom. The third kappa shape index (κ3) is 2.79. The van der Waals surface area contributed by atoms with Crippen LogP contribution >= 0.6 is 0 Å². The van der Waals surface area contributed by atoms with Gasteiger partial charge in [-0.3, -0.25) is 9.89 Å². The fourth-order valence-electron chi connectivity index (χ4n) is 4.30. The largest absolute Gasteiger partial charge is 0.345 e. The van der Waals surface area contributed by atoms with E-state index < -0.39 is 17.2 Å². The molecule has 0 aliphatic carbocycles. The number of carbonyl (C=O) groups is 1. The standard InChI is InChI=1S/C22H19F2N5O/c1-22(14-3-5-17(23)18(24)9-14)7-2-8-29(22)21(30)16-12-25-20-15(16)4-6-19(28-20)13-10-26-27-11-13/h3-6,9-12H,2,7-8H2,1H3,(H,25,28)(H,26,27)/t22-/m1/s1. The quantitative estimate of drug-likeness (QED) is 0.529. The molecule has 8 heteroatoms. The first-order valence-corrected chi connectivity index (χ1v) is 9.72. The molecule has 1 amide bonds. The summed E-state index contributed by atoms with van der Waals surface area (Å²) in [5.41, 5.74) is 2.58. The fraction of sp³-hybridized carbons (Fsp3) is 0.227. The number of pyridine rings is 1. The molecule has 1 aromatic carbocycles. The maximum atomic E-state index is 13.9. The van der Waals surface area contributed by atoms with E-state index in [2.05, 4.69) is 20.2 Å². The molecular formula is C22H19F2N5O. The van der Waals surface area contributed by atoms with Crippen LogP contribution in [0.25, 0.3) is 22.3 Å². The van der Waals surface area contributed by atoms with Gasteiger partial charge in [0.15, 0.2) is 11.6 Å². The monoisotopic (exact) mass is 407 g/mol.